The molecule has 4 heteroatoms. The fourth-order valence-electron chi connectivity index (χ4n) is 2.31. The number of carbonyl (C=O) groups excluding carboxylic acids is 1. The molecule has 1 aliphatic rings. The Morgan fingerprint density at radius 3 is 2.72 bits per heavy atom. The van der Waals surface area contributed by atoms with E-state index in [1.54, 1.807) is 0 Å². The van der Waals surface area contributed by atoms with E-state index in [2.05, 4.69) is 17.3 Å². The van der Waals surface area contributed by atoms with Crippen molar-refractivity contribution in [1.82, 2.24) is 4.90 Å². The molecule has 1 atom stereocenters. The average Bonchev–Trinajstić information content (AvgIpc) is 2.79. The molecule has 0 aromatic heterocycles. The van der Waals surface area contributed by atoms with Gasteiger partial charge in [0.25, 0.3) is 0 Å². The predicted molar refractivity (Wildman–Crippen MR) is 73.4 cm³/mol. The van der Waals surface area contributed by atoms with Crippen LogP contribution in [-0.2, 0) is 11.2 Å². The number of amides is 1. The molecule has 0 bridgehead atoms. The summed E-state index contributed by atoms with van der Waals surface area (Å²) in [6.07, 6.45) is 1.83. The van der Waals surface area contributed by atoms with Crippen molar-refractivity contribution in [1.29, 1.82) is 0 Å². The topological polar surface area (TPSA) is 58.4 Å². The maximum absolute atomic E-state index is 12.0. The second-order valence-corrected chi connectivity index (χ2v) is 4.97. The zero-order valence-corrected chi connectivity index (χ0v) is 10.9. The van der Waals surface area contributed by atoms with Crippen LogP contribution in [0.4, 0.5) is 5.69 Å². The van der Waals surface area contributed by atoms with Crippen LogP contribution in [0.1, 0.15) is 12.0 Å². The van der Waals surface area contributed by atoms with Gasteiger partial charge in [0.15, 0.2) is 0 Å². The maximum atomic E-state index is 12.0. The first-order valence-corrected chi connectivity index (χ1v) is 6.47. The van der Waals surface area contributed by atoms with Gasteiger partial charge in [-0.3, -0.25) is 4.79 Å². The molecule has 18 heavy (non-hydrogen) atoms. The molecule has 1 unspecified atom stereocenters. The molecule has 1 fully saturated rings. The Bertz CT molecular complexity index is 402. The van der Waals surface area contributed by atoms with Crippen molar-refractivity contribution >= 4 is 11.6 Å². The zero-order valence-electron chi connectivity index (χ0n) is 10.9. The zero-order chi connectivity index (χ0) is 13.0. The summed E-state index contributed by atoms with van der Waals surface area (Å²) >= 11 is 0. The van der Waals surface area contributed by atoms with Gasteiger partial charge in [-0.25, -0.2) is 0 Å². The van der Waals surface area contributed by atoms with Gasteiger partial charge in [-0.15, -0.1) is 0 Å². The Labute approximate surface area is 108 Å². The molecule has 98 valence electrons. The predicted octanol–water partition coefficient (Wildman–Crippen LogP) is 1.08. The summed E-state index contributed by atoms with van der Waals surface area (Å²) in [4.78, 5) is 14.2. The minimum Gasteiger partial charge on any atom is -0.330 e. The highest BCUT2D eigenvalue weighted by molar-refractivity contribution is 5.92. The van der Waals surface area contributed by atoms with E-state index in [0.717, 1.165) is 31.6 Å². The molecule has 0 radical (unpaired) electrons. The largest absolute Gasteiger partial charge is 0.330 e. The SMILES string of the molecule is CN1CCC(C(=O)Nc2ccc(CCN)cc2)C1. The summed E-state index contributed by atoms with van der Waals surface area (Å²) in [5.41, 5.74) is 7.58. The van der Waals surface area contributed by atoms with Gasteiger partial charge in [0.2, 0.25) is 5.91 Å². The normalized spacial score (nSPS) is 20.0. The van der Waals surface area contributed by atoms with E-state index in [1.165, 1.54) is 5.56 Å². The quantitative estimate of drug-likeness (QED) is 0.837. The summed E-state index contributed by atoms with van der Waals surface area (Å²) in [5, 5.41) is 2.98. The summed E-state index contributed by atoms with van der Waals surface area (Å²) < 4.78 is 0. The molecule has 4 nitrogen and oxygen atoms in total. The van der Waals surface area contributed by atoms with Crippen molar-refractivity contribution in [2.45, 2.75) is 12.8 Å². The van der Waals surface area contributed by atoms with Crippen molar-refractivity contribution in [3.8, 4) is 0 Å². The lowest BCUT2D eigenvalue weighted by Gasteiger charge is -2.11. The number of nitrogens with zero attached hydrogens (tertiary/aromatic N) is 1. The molecule has 2 rings (SSSR count). The number of hydrogen-bond donors (Lipinski definition) is 2. The summed E-state index contributed by atoms with van der Waals surface area (Å²) in [5.74, 6) is 0.254. The number of hydrogen-bond acceptors (Lipinski definition) is 3. The van der Waals surface area contributed by atoms with E-state index >= 15 is 0 Å². The van der Waals surface area contributed by atoms with Gasteiger partial charge in [0, 0.05) is 12.2 Å². The van der Waals surface area contributed by atoms with Gasteiger partial charge in [-0.1, -0.05) is 12.1 Å². The van der Waals surface area contributed by atoms with Crippen molar-refractivity contribution in [2.75, 3.05) is 32.0 Å². The third kappa shape index (κ3) is 3.31. The number of nitrogens with two attached hydrogens (primary N) is 1. The van der Waals surface area contributed by atoms with Crippen molar-refractivity contribution in [3.05, 3.63) is 29.8 Å². The highest BCUT2D eigenvalue weighted by atomic mass is 16.1. The van der Waals surface area contributed by atoms with Crippen LogP contribution in [0.2, 0.25) is 0 Å². The molecule has 1 saturated heterocycles. The molecular formula is C14H21N3O. The Morgan fingerprint density at radius 2 is 2.17 bits per heavy atom. The van der Waals surface area contributed by atoms with E-state index in [-0.39, 0.29) is 11.8 Å². The van der Waals surface area contributed by atoms with E-state index in [1.807, 2.05) is 24.3 Å². The van der Waals surface area contributed by atoms with Crippen LogP contribution in [0.3, 0.4) is 0 Å². The number of anilines is 1. The van der Waals surface area contributed by atoms with Crippen LogP contribution in [0.15, 0.2) is 24.3 Å². The van der Waals surface area contributed by atoms with Crippen molar-refractivity contribution in [2.24, 2.45) is 11.7 Å². The molecule has 1 amide bonds. The van der Waals surface area contributed by atoms with Crippen LogP contribution >= 0.6 is 0 Å². The van der Waals surface area contributed by atoms with Crippen LogP contribution in [0.25, 0.3) is 0 Å². The van der Waals surface area contributed by atoms with Gasteiger partial charge in [0.05, 0.1) is 5.92 Å². The second kappa shape index (κ2) is 5.98. The number of carbonyl (C=O) groups is 1. The van der Waals surface area contributed by atoms with Crippen LogP contribution in [0.5, 0.6) is 0 Å². The fraction of sp³-hybridized carbons (Fsp3) is 0.500. The molecule has 0 saturated carbocycles. The van der Waals surface area contributed by atoms with Crippen molar-refractivity contribution in [3.63, 3.8) is 0 Å². The van der Waals surface area contributed by atoms with Gasteiger partial charge in [-0.05, 0) is 50.7 Å². The summed E-state index contributed by atoms with van der Waals surface area (Å²) in [6.45, 7) is 2.52. The number of nitrogens with one attached hydrogen (secondary N) is 1. The minimum atomic E-state index is 0.124. The van der Waals surface area contributed by atoms with Gasteiger partial charge >= 0.3 is 0 Å². The van der Waals surface area contributed by atoms with Crippen molar-refractivity contribution < 1.29 is 4.79 Å². The monoisotopic (exact) mass is 247 g/mol. The van der Waals surface area contributed by atoms with Crippen LogP contribution < -0.4 is 11.1 Å². The van der Waals surface area contributed by atoms with Gasteiger partial charge in [-0.2, -0.15) is 0 Å². The second-order valence-electron chi connectivity index (χ2n) is 4.97. The summed E-state index contributed by atoms with van der Waals surface area (Å²) in [7, 11) is 2.05. The van der Waals surface area contributed by atoms with E-state index < -0.39 is 0 Å². The Kier molecular flexibility index (Phi) is 4.33. The lowest BCUT2D eigenvalue weighted by atomic mass is 10.1. The minimum absolute atomic E-state index is 0.124. The van der Waals surface area contributed by atoms with Gasteiger partial charge < -0.3 is 16.0 Å². The third-order valence-electron chi connectivity index (χ3n) is 3.42. The van der Waals surface area contributed by atoms with Gasteiger partial charge in [0.1, 0.15) is 0 Å². The first-order chi connectivity index (χ1) is 8.69. The molecular weight excluding hydrogens is 226 g/mol. The lowest BCUT2D eigenvalue weighted by molar-refractivity contribution is -0.119. The van der Waals surface area contributed by atoms with Crippen LogP contribution in [-0.4, -0.2) is 37.5 Å². The Morgan fingerprint density at radius 1 is 1.44 bits per heavy atom. The molecule has 3 N–H and O–H groups in total. The number of likely N-dealkylation sites (tertiary alicyclic amines) is 1. The maximum Gasteiger partial charge on any atom is 0.228 e. The highest BCUT2D eigenvalue weighted by Gasteiger charge is 2.25. The molecule has 1 aromatic rings. The highest BCUT2D eigenvalue weighted by Crippen LogP contribution is 2.17. The first kappa shape index (κ1) is 13.1. The smallest absolute Gasteiger partial charge is 0.228 e. The lowest BCUT2D eigenvalue weighted by Crippen LogP contribution is -2.25. The number of rotatable bonds is 4. The average molecular weight is 247 g/mol. The molecule has 1 aromatic carbocycles. The van der Waals surface area contributed by atoms with E-state index in [0.29, 0.717) is 6.54 Å². The Hall–Kier alpha value is -1.39. The van der Waals surface area contributed by atoms with Crippen LogP contribution in [0, 0.1) is 5.92 Å². The molecule has 1 aliphatic heterocycles. The third-order valence-corrected chi connectivity index (χ3v) is 3.42. The molecule has 0 spiro atoms. The standard InChI is InChI=1S/C14H21N3O/c1-17-9-7-12(10-17)14(18)16-13-4-2-11(3-5-13)6-8-15/h2-5,12H,6-10,15H2,1H3,(H,16,18). The number of benzene rings is 1. The fourth-order valence-corrected chi connectivity index (χ4v) is 2.31. The molecule has 1 heterocycles. The van der Waals surface area contributed by atoms with E-state index in [4.69, 9.17) is 5.73 Å². The first-order valence-electron chi connectivity index (χ1n) is 6.47. The van der Waals surface area contributed by atoms with E-state index in [9.17, 15) is 4.79 Å². The Balaban J connectivity index is 1.90. The summed E-state index contributed by atoms with van der Waals surface area (Å²) in [6, 6.07) is 7.93. The molecule has 0 aliphatic carbocycles.